The minimum absolute atomic E-state index is 0.0672. The smallest absolute Gasteiger partial charge is 0.168 e. The molecule has 1 aliphatic heterocycles. The van der Waals surface area contributed by atoms with Crippen molar-refractivity contribution in [2.45, 2.75) is 37.0 Å². The van der Waals surface area contributed by atoms with Gasteiger partial charge in [-0.15, -0.1) is 0 Å². The van der Waals surface area contributed by atoms with Gasteiger partial charge in [-0.05, 0) is 35.4 Å². The van der Waals surface area contributed by atoms with Crippen molar-refractivity contribution in [2.75, 3.05) is 18.5 Å². The number of aliphatic hydroxyl groups is 3. The molecule has 5 rings (SSSR count). The Kier molecular flexibility index (Phi) is 7.59. The van der Waals surface area contributed by atoms with Gasteiger partial charge >= 0.3 is 0 Å². The van der Waals surface area contributed by atoms with Gasteiger partial charge in [0.05, 0.1) is 19.5 Å². The molecule has 0 bridgehead atoms. The molecule has 0 radical (unpaired) electrons. The molecule has 0 unspecified atom stereocenters. The zero-order valence-electron chi connectivity index (χ0n) is 19.6. The molecule has 1 aliphatic rings. The molecule has 0 aliphatic carbocycles. The number of fused-ring (bicyclic) bond motifs is 1. The van der Waals surface area contributed by atoms with Crippen LogP contribution in [0, 0.1) is 0 Å². The largest absolute Gasteiger partial charge is 0.394 e. The number of aliphatic hydroxyl groups excluding tert-OH is 3. The Morgan fingerprint density at radius 2 is 1.70 bits per heavy atom. The summed E-state index contributed by atoms with van der Waals surface area (Å²) in [6, 6.07) is 15.2. The van der Waals surface area contributed by atoms with Crippen LogP contribution in [0.15, 0.2) is 54.9 Å². The average molecular weight is 545 g/mol. The Bertz CT molecular complexity index is 1360. The molecule has 2 aromatic carbocycles. The van der Waals surface area contributed by atoms with Crippen molar-refractivity contribution in [3.05, 3.63) is 81.9 Å². The summed E-state index contributed by atoms with van der Waals surface area (Å²) in [5.74, 6) is 0.682. The molecule has 1 fully saturated rings. The van der Waals surface area contributed by atoms with Crippen LogP contribution in [0.25, 0.3) is 11.2 Å². The minimum atomic E-state index is -1.28. The van der Waals surface area contributed by atoms with Crippen LogP contribution in [0.2, 0.25) is 10.0 Å². The van der Waals surface area contributed by atoms with Gasteiger partial charge in [0, 0.05) is 22.5 Å². The number of nitrogens with two attached hydrogens (primary N) is 1. The predicted octanol–water partition coefficient (Wildman–Crippen LogP) is 2.45. The van der Waals surface area contributed by atoms with Crippen LogP contribution in [0.4, 0.5) is 5.82 Å². The van der Waals surface area contributed by atoms with E-state index in [9.17, 15) is 15.3 Å². The van der Waals surface area contributed by atoms with E-state index in [-0.39, 0.29) is 12.5 Å². The Labute approximate surface area is 222 Å². The maximum atomic E-state index is 10.5. The lowest BCUT2D eigenvalue weighted by atomic mass is 9.91. The molecule has 1 saturated heterocycles. The van der Waals surface area contributed by atoms with Gasteiger partial charge in [-0.2, -0.15) is 0 Å². The van der Waals surface area contributed by atoms with E-state index >= 15 is 0 Å². The fourth-order valence-electron chi connectivity index (χ4n) is 4.55. The van der Waals surface area contributed by atoms with Crippen LogP contribution in [0.5, 0.6) is 0 Å². The van der Waals surface area contributed by atoms with Gasteiger partial charge in [-0.1, -0.05) is 47.5 Å². The van der Waals surface area contributed by atoms with Gasteiger partial charge < -0.3 is 31.1 Å². The molecule has 37 heavy (non-hydrogen) atoms. The van der Waals surface area contributed by atoms with E-state index in [1.165, 1.54) is 10.9 Å². The lowest BCUT2D eigenvalue weighted by Gasteiger charge is -2.20. The van der Waals surface area contributed by atoms with Crippen molar-refractivity contribution >= 4 is 40.2 Å². The number of anilines is 1. The number of benzene rings is 2. The second kappa shape index (κ2) is 10.9. The lowest BCUT2D eigenvalue weighted by molar-refractivity contribution is -0.0511. The molecule has 4 aromatic rings. The van der Waals surface area contributed by atoms with Crippen molar-refractivity contribution in [1.29, 1.82) is 0 Å². The van der Waals surface area contributed by atoms with Crippen molar-refractivity contribution in [2.24, 2.45) is 5.73 Å². The molecule has 3 heterocycles. The van der Waals surface area contributed by atoms with Gasteiger partial charge in [0.2, 0.25) is 0 Å². The molecular formula is C25H26Cl2N6O4. The summed E-state index contributed by atoms with van der Waals surface area (Å²) in [7, 11) is 0. The summed E-state index contributed by atoms with van der Waals surface area (Å²) in [5.41, 5.74) is 8.67. The summed E-state index contributed by atoms with van der Waals surface area (Å²) in [4.78, 5) is 13.5. The first-order chi connectivity index (χ1) is 17.9. The number of halogens is 2. The number of imidazole rings is 1. The molecule has 10 nitrogen and oxygen atoms in total. The molecule has 0 saturated carbocycles. The van der Waals surface area contributed by atoms with E-state index in [4.69, 9.17) is 33.7 Å². The fraction of sp³-hybridized carbons (Fsp3) is 0.320. The van der Waals surface area contributed by atoms with Crippen LogP contribution in [-0.2, 0) is 11.3 Å². The number of nitrogens with zero attached hydrogens (tertiary/aromatic N) is 4. The predicted molar refractivity (Wildman–Crippen MR) is 139 cm³/mol. The third kappa shape index (κ3) is 5.14. The first kappa shape index (κ1) is 25.8. The Morgan fingerprint density at radius 1 is 1.03 bits per heavy atom. The topological polar surface area (TPSA) is 152 Å². The van der Waals surface area contributed by atoms with Crippen molar-refractivity contribution < 1.29 is 20.1 Å². The minimum Gasteiger partial charge on any atom is -0.394 e. The standard InChI is InChI=1S/C25H26Cl2N6O4/c26-15-5-1-3-13(7-15)17(14-4-2-6-16(27)8-14)10-29-23-20-24(32-19(9-28)31-23)33(12-30-20)25-22(36)21(35)18(11-34)37-25/h1-8,12,17-18,21-22,25,34-36H,9-11,28H2,(H,29,31,32)/t18-,21-,22-,25-/m1/s1. The van der Waals surface area contributed by atoms with E-state index in [1.54, 1.807) is 0 Å². The van der Waals surface area contributed by atoms with Crippen molar-refractivity contribution in [3.8, 4) is 0 Å². The van der Waals surface area contributed by atoms with Gasteiger partial charge in [-0.3, -0.25) is 4.57 Å². The van der Waals surface area contributed by atoms with E-state index in [0.29, 0.717) is 39.4 Å². The Hall–Kier alpha value is -2.83. The number of rotatable bonds is 8. The molecule has 0 amide bonds. The number of aromatic nitrogens is 4. The average Bonchev–Trinajstić information content (AvgIpc) is 3.44. The summed E-state index contributed by atoms with van der Waals surface area (Å²) >= 11 is 12.6. The summed E-state index contributed by atoms with van der Waals surface area (Å²) in [6.07, 6.45) is -3.00. The van der Waals surface area contributed by atoms with Crippen molar-refractivity contribution in [1.82, 2.24) is 19.5 Å². The molecule has 194 valence electrons. The maximum absolute atomic E-state index is 10.5. The highest BCUT2D eigenvalue weighted by molar-refractivity contribution is 6.31. The molecule has 12 heteroatoms. The Balaban J connectivity index is 1.50. The molecule has 6 N–H and O–H groups in total. The van der Waals surface area contributed by atoms with Gasteiger partial charge in [-0.25, -0.2) is 15.0 Å². The fourth-order valence-corrected chi connectivity index (χ4v) is 4.94. The molecule has 0 spiro atoms. The number of hydrogen-bond acceptors (Lipinski definition) is 9. The molecular weight excluding hydrogens is 519 g/mol. The second-order valence-electron chi connectivity index (χ2n) is 8.79. The number of ether oxygens (including phenoxy) is 1. The van der Waals surface area contributed by atoms with Crippen LogP contribution in [0.3, 0.4) is 0 Å². The number of nitrogens with one attached hydrogen (secondary N) is 1. The number of hydrogen-bond donors (Lipinski definition) is 5. The summed E-state index contributed by atoms with van der Waals surface area (Å²) in [5, 5.41) is 34.8. The third-order valence-electron chi connectivity index (χ3n) is 6.42. The van der Waals surface area contributed by atoms with Crippen LogP contribution in [0.1, 0.15) is 29.1 Å². The second-order valence-corrected chi connectivity index (χ2v) is 9.66. The summed E-state index contributed by atoms with van der Waals surface area (Å²) < 4.78 is 7.18. The first-order valence-corrected chi connectivity index (χ1v) is 12.5. The van der Waals surface area contributed by atoms with Gasteiger partial charge in [0.15, 0.2) is 23.2 Å². The van der Waals surface area contributed by atoms with Crippen LogP contribution in [-0.4, -0.2) is 66.3 Å². The quantitative estimate of drug-likeness (QED) is 0.225. The van der Waals surface area contributed by atoms with Crippen LogP contribution >= 0.6 is 23.2 Å². The Morgan fingerprint density at radius 3 is 2.27 bits per heavy atom. The highest BCUT2D eigenvalue weighted by Crippen LogP contribution is 2.33. The van der Waals surface area contributed by atoms with E-state index in [0.717, 1.165) is 11.1 Å². The zero-order valence-corrected chi connectivity index (χ0v) is 21.1. The maximum Gasteiger partial charge on any atom is 0.168 e. The van der Waals surface area contributed by atoms with Crippen LogP contribution < -0.4 is 11.1 Å². The lowest BCUT2D eigenvalue weighted by Crippen LogP contribution is -2.33. The van der Waals surface area contributed by atoms with E-state index in [1.807, 2.05) is 48.5 Å². The summed E-state index contributed by atoms with van der Waals surface area (Å²) in [6.45, 7) is 0.0564. The van der Waals surface area contributed by atoms with Gasteiger partial charge in [0.1, 0.15) is 24.1 Å². The monoisotopic (exact) mass is 544 g/mol. The first-order valence-electron chi connectivity index (χ1n) is 11.7. The molecule has 2 aromatic heterocycles. The molecule has 4 atom stereocenters. The van der Waals surface area contributed by atoms with E-state index in [2.05, 4.69) is 20.3 Å². The van der Waals surface area contributed by atoms with Crippen molar-refractivity contribution in [3.63, 3.8) is 0 Å². The van der Waals surface area contributed by atoms with E-state index < -0.39 is 31.1 Å². The highest BCUT2D eigenvalue weighted by atomic mass is 35.5. The SMILES string of the molecule is NCc1nc(NCC(c2cccc(Cl)c2)c2cccc(Cl)c2)c2ncn([C@@H]3O[C@H](CO)[C@@H](O)[C@H]3O)c2n1. The third-order valence-corrected chi connectivity index (χ3v) is 6.89. The normalized spacial score (nSPS) is 21.7. The van der Waals surface area contributed by atoms with Gasteiger partial charge in [0.25, 0.3) is 0 Å². The highest BCUT2D eigenvalue weighted by Gasteiger charge is 2.44. The zero-order chi connectivity index (χ0) is 26.1.